The van der Waals surface area contributed by atoms with Crippen molar-refractivity contribution in [3.63, 3.8) is 0 Å². The highest BCUT2D eigenvalue weighted by molar-refractivity contribution is 5.03. The monoisotopic (exact) mass is 168 g/mol. The number of rotatable bonds is 2. The molecule has 1 aliphatic heterocycles. The number of aliphatic hydroxyl groups is 1. The van der Waals surface area contributed by atoms with Gasteiger partial charge in [0.15, 0.2) is 0 Å². The van der Waals surface area contributed by atoms with E-state index in [9.17, 15) is 0 Å². The molecule has 12 heavy (non-hydrogen) atoms. The van der Waals surface area contributed by atoms with Gasteiger partial charge in [-0.15, -0.1) is 0 Å². The first-order chi connectivity index (χ1) is 5.90. The minimum absolute atomic E-state index is 0.0000926. The molecule has 1 aromatic heterocycles. The molecule has 66 valence electrons. The van der Waals surface area contributed by atoms with Crippen LogP contribution < -0.4 is 0 Å². The predicted octanol–water partition coefficient (Wildman–Crippen LogP) is 1.49. The van der Waals surface area contributed by atoms with Crippen molar-refractivity contribution in [2.24, 2.45) is 0 Å². The minimum atomic E-state index is 0.0000926. The second-order valence-corrected chi connectivity index (χ2v) is 3.02. The first-order valence-corrected chi connectivity index (χ1v) is 4.20. The lowest BCUT2D eigenvalue weighted by atomic mass is 10.2. The van der Waals surface area contributed by atoms with Crippen LogP contribution in [0, 0.1) is 0 Å². The summed E-state index contributed by atoms with van der Waals surface area (Å²) in [6.07, 6.45) is 3.56. The number of hydrogen-bond acceptors (Lipinski definition) is 3. The van der Waals surface area contributed by atoms with Gasteiger partial charge in [-0.05, 0) is 25.0 Å². The van der Waals surface area contributed by atoms with E-state index < -0.39 is 0 Å². The Labute approximate surface area is 71.0 Å². The number of ether oxygens (including phenoxy) is 1. The largest absolute Gasteiger partial charge is 0.467 e. The van der Waals surface area contributed by atoms with E-state index in [4.69, 9.17) is 14.3 Å². The van der Waals surface area contributed by atoms with Crippen LogP contribution in [0.3, 0.4) is 0 Å². The first kappa shape index (κ1) is 7.83. The van der Waals surface area contributed by atoms with Crippen molar-refractivity contribution in [2.45, 2.75) is 25.0 Å². The lowest BCUT2D eigenvalue weighted by Gasteiger charge is -2.08. The zero-order valence-electron chi connectivity index (χ0n) is 6.77. The number of furan rings is 1. The molecule has 0 aromatic carbocycles. The summed E-state index contributed by atoms with van der Waals surface area (Å²) < 4.78 is 10.7. The first-order valence-electron chi connectivity index (χ1n) is 4.20. The molecule has 1 saturated heterocycles. The molecule has 0 radical (unpaired) electrons. The molecule has 3 nitrogen and oxygen atoms in total. The molecule has 0 spiro atoms. The molecule has 1 fully saturated rings. The van der Waals surface area contributed by atoms with E-state index in [1.54, 1.807) is 6.26 Å². The standard InChI is InChI=1S/C9H12O3/c10-6-7-3-4-9(12-7)8-2-1-5-11-8/h1-2,5,7,9-10H,3-4,6H2/t7-,9-/m0/s1. The third kappa shape index (κ3) is 1.38. The van der Waals surface area contributed by atoms with E-state index in [0.717, 1.165) is 18.6 Å². The van der Waals surface area contributed by atoms with Crippen molar-refractivity contribution in [3.8, 4) is 0 Å². The Bertz CT molecular complexity index is 230. The van der Waals surface area contributed by atoms with E-state index in [0.29, 0.717) is 0 Å². The van der Waals surface area contributed by atoms with Gasteiger partial charge in [-0.3, -0.25) is 0 Å². The average Bonchev–Trinajstić information content (AvgIpc) is 2.75. The Morgan fingerprint density at radius 3 is 3.00 bits per heavy atom. The molecule has 1 aliphatic rings. The number of hydrogen-bond donors (Lipinski definition) is 1. The summed E-state index contributed by atoms with van der Waals surface area (Å²) in [7, 11) is 0. The van der Waals surface area contributed by atoms with Gasteiger partial charge in [0.25, 0.3) is 0 Å². The van der Waals surface area contributed by atoms with Gasteiger partial charge in [0.05, 0.1) is 19.0 Å². The van der Waals surface area contributed by atoms with E-state index in [2.05, 4.69) is 0 Å². The normalized spacial score (nSPS) is 29.4. The van der Waals surface area contributed by atoms with Crippen molar-refractivity contribution in [3.05, 3.63) is 24.2 Å². The number of aliphatic hydroxyl groups excluding tert-OH is 1. The fourth-order valence-corrected chi connectivity index (χ4v) is 1.52. The fraction of sp³-hybridized carbons (Fsp3) is 0.556. The Hall–Kier alpha value is -0.800. The summed E-state index contributed by atoms with van der Waals surface area (Å²) in [5.74, 6) is 0.867. The van der Waals surface area contributed by atoms with E-state index in [1.807, 2.05) is 12.1 Å². The summed E-state index contributed by atoms with van der Waals surface area (Å²) >= 11 is 0. The van der Waals surface area contributed by atoms with E-state index >= 15 is 0 Å². The Kier molecular flexibility index (Phi) is 2.15. The third-order valence-corrected chi connectivity index (χ3v) is 2.17. The lowest BCUT2D eigenvalue weighted by Crippen LogP contribution is -2.10. The highest BCUT2D eigenvalue weighted by Crippen LogP contribution is 2.32. The van der Waals surface area contributed by atoms with Crippen molar-refractivity contribution >= 4 is 0 Å². The van der Waals surface area contributed by atoms with Crippen molar-refractivity contribution in [2.75, 3.05) is 6.61 Å². The van der Waals surface area contributed by atoms with Crippen LogP contribution in [0.1, 0.15) is 24.7 Å². The van der Waals surface area contributed by atoms with Crippen LogP contribution in [0.5, 0.6) is 0 Å². The lowest BCUT2D eigenvalue weighted by molar-refractivity contribution is 0.00216. The maximum absolute atomic E-state index is 8.83. The summed E-state index contributed by atoms with van der Waals surface area (Å²) in [5.41, 5.74) is 0. The Balaban J connectivity index is 2.00. The zero-order chi connectivity index (χ0) is 8.39. The van der Waals surface area contributed by atoms with Crippen LogP contribution in [0.2, 0.25) is 0 Å². The molecule has 0 bridgehead atoms. The molecule has 0 saturated carbocycles. The summed E-state index contributed by atoms with van der Waals surface area (Å²) in [6, 6.07) is 3.76. The van der Waals surface area contributed by atoms with E-state index in [-0.39, 0.29) is 18.8 Å². The van der Waals surface area contributed by atoms with Crippen LogP contribution in [0.25, 0.3) is 0 Å². The van der Waals surface area contributed by atoms with Crippen molar-refractivity contribution in [1.82, 2.24) is 0 Å². The van der Waals surface area contributed by atoms with Gasteiger partial charge in [0.1, 0.15) is 11.9 Å². The SMILES string of the molecule is OC[C@@H]1CC[C@@H](c2ccco2)O1. The maximum atomic E-state index is 8.83. The second kappa shape index (κ2) is 3.29. The van der Waals surface area contributed by atoms with Gasteiger partial charge in [0, 0.05) is 0 Å². The molecule has 3 heteroatoms. The van der Waals surface area contributed by atoms with Crippen LogP contribution in [0.4, 0.5) is 0 Å². The molecule has 1 N–H and O–H groups in total. The highest BCUT2D eigenvalue weighted by atomic mass is 16.5. The summed E-state index contributed by atoms with van der Waals surface area (Å²) in [5, 5.41) is 8.83. The minimum Gasteiger partial charge on any atom is -0.467 e. The van der Waals surface area contributed by atoms with Crippen LogP contribution >= 0.6 is 0 Å². The van der Waals surface area contributed by atoms with Crippen LogP contribution in [-0.4, -0.2) is 17.8 Å². The molecule has 2 atom stereocenters. The molecule has 0 unspecified atom stereocenters. The van der Waals surface area contributed by atoms with E-state index in [1.165, 1.54) is 0 Å². The molecule has 2 rings (SSSR count). The van der Waals surface area contributed by atoms with Gasteiger partial charge in [0.2, 0.25) is 0 Å². The van der Waals surface area contributed by atoms with Crippen molar-refractivity contribution in [1.29, 1.82) is 0 Å². The Morgan fingerprint density at radius 1 is 1.50 bits per heavy atom. The van der Waals surface area contributed by atoms with Gasteiger partial charge in [-0.2, -0.15) is 0 Å². The third-order valence-electron chi connectivity index (χ3n) is 2.17. The van der Waals surface area contributed by atoms with Gasteiger partial charge >= 0.3 is 0 Å². The van der Waals surface area contributed by atoms with Crippen molar-refractivity contribution < 1.29 is 14.3 Å². The molecule has 0 aliphatic carbocycles. The molecule has 0 amide bonds. The van der Waals surface area contributed by atoms with Gasteiger partial charge in [-0.1, -0.05) is 0 Å². The molecule has 2 heterocycles. The predicted molar refractivity (Wildman–Crippen MR) is 42.6 cm³/mol. The topological polar surface area (TPSA) is 42.6 Å². The van der Waals surface area contributed by atoms with Gasteiger partial charge in [-0.25, -0.2) is 0 Å². The summed E-state index contributed by atoms with van der Waals surface area (Å²) in [6.45, 7) is 0.108. The molecular weight excluding hydrogens is 156 g/mol. The summed E-state index contributed by atoms with van der Waals surface area (Å²) in [4.78, 5) is 0. The zero-order valence-corrected chi connectivity index (χ0v) is 6.77. The van der Waals surface area contributed by atoms with Crippen LogP contribution in [0.15, 0.2) is 22.8 Å². The maximum Gasteiger partial charge on any atom is 0.132 e. The second-order valence-electron chi connectivity index (χ2n) is 3.02. The quantitative estimate of drug-likeness (QED) is 0.727. The smallest absolute Gasteiger partial charge is 0.132 e. The molecule has 1 aromatic rings. The fourth-order valence-electron chi connectivity index (χ4n) is 1.52. The Morgan fingerprint density at radius 2 is 2.42 bits per heavy atom. The van der Waals surface area contributed by atoms with Crippen LogP contribution in [-0.2, 0) is 4.74 Å². The average molecular weight is 168 g/mol. The highest BCUT2D eigenvalue weighted by Gasteiger charge is 2.27. The van der Waals surface area contributed by atoms with Gasteiger partial charge < -0.3 is 14.3 Å². The molecular formula is C9H12O3.